The minimum Gasteiger partial charge on any atom is -0.352 e. The monoisotopic (exact) mass is 301 g/mol. The van der Waals surface area contributed by atoms with Gasteiger partial charge in [0.1, 0.15) is 10.3 Å². The molecule has 0 fully saturated rings. The lowest BCUT2D eigenvalue weighted by atomic mass is 10.2. The van der Waals surface area contributed by atoms with Crippen LogP contribution in [-0.4, -0.2) is 9.97 Å². The summed E-state index contributed by atoms with van der Waals surface area (Å²) in [7, 11) is 0. The average molecular weight is 301 g/mol. The molecule has 6 heteroatoms. The average Bonchev–Trinajstić information content (AvgIpc) is 3.10. The number of hydrogen-bond acceptors (Lipinski definition) is 5. The topological polar surface area (TPSA) is 37.8 Å². The van der Waals surface area contributed by atoms with Crippen LogP contribution in [0, 0.1) is 5.82 Å². The fraction of sp³-hybridized carbons (Fsp3) is 0. The summed E-state index contributed by atoms with van der Waals surface area (Å²) in [6.07, 6.45) is 1.72. The molecule has 4 aromatic rings. The van der Waals surface area contributed by atoms with Crippen LogP contribution in [0.5, 0.6) is 0 Å². The van der Waals surface area contributed by atoms with E-state index in [1.807, 2.05) is 23.6 Å². The number of rotatable bonds is 2. The number of nitrogens with one attached hydrogen (secondary N) is 1. The molecule has 1 aromatic carbocycles. The molecular formula is C14H8FN3S2. The van der Waals surface area contributed by atoms with Gasteiger partial charge >= 0.3 is 0 Å². The van der Waals surface area contributed by atoms with E-state index in [0.717, 1.165) is 20.6 Å². The third-order valence-corrected chi connectivity index (χ3v) is 4.69. The molecule has 0 spiro atoms. The van der Waals surface area contributed by atoms with Crippen LogP contribution in [0.2, 0.25) is 0 Å². The predicted molar refractivity (Wildman–Crippen MR) is 82.5 cm³/mol. The summed E-state index contributed by atoms with van der Waals surface area (Å²) < 4.78 is 15.2. The Kier molecular flexibility index (Phi) is 2.64. The Morgan fingerprint density at radius 2 is 1.95 bits per heavy atom. The zero-order chi connectivity index (χ0) is 13.5. The normalized spacial score (nSPS) is 11.2. The maximum absolute atomic E-state index is 14.4. The molecule has 98 valence electrons. The van der Waals surface area contributed by atoms with Crippen molar-refractivity contribution in [3.05, 3.63) is 47.2 Å². The van der Waals surface area contributed by atoms with Crippen LogP contribution in [0.15, 0.2) is 41.4 Å². The Morgan fingerprint density at radius 1 is 1.00 bits per heavy atom. The van der Waals surface area contributed by atoms with Crippen molar-refractivity contribution in [2.75, 3.05) is 5.32 Å². The minimum atomic E-state index is -0.316. The Hall–Kier alpha value is -2.05. The number of hydrogen-bond donors (Lipinski definition) is 1. The largest absolute Gasteiger partial charge is 0.352 e. The maximum atomic E-state index is 14.4. The molecule has 3 heterocycles. The first-order chi connectivity index (χ1) is 9.83. The second-order valence-electron chi connectivity index (χ2n) is 4.25. The van der Waals surface area contributed by atoms with Crippen molar-refractivity contribution in [3.63, 3.8) is 0 Å². The van der Waals surface area contributed by atoms with Gasteiger partial charge in [-0.05, 0) is 29.6 Å². The van der Waals surface area contributed by atoms with Crippen LogP contribution in [-0.2, 0) is 0 Å². The Balaban J connectivity index is 1.84. The molecule has 0 bridgehead atoms. The van der Waals surface area contributed by atoms with Crippen LogP contribution in [0.25, 0.3) is 20.4 Å². The van der Waals surface area contributed by atoms with E-state index in [1.54, 1.807) is 29.1 Å². The molecular weight excluding hydrogens is 293 g/mol. The second kappa shape index (κ2) is 4.50. The van der Waals surface area contributed by atoms with Gasteiger partial charge in [0.15, 0.2) is 5.82 Å². The van der Waals surface area contributed by atoms with Crippen molar-refractivity contribution in [2.45, 2.75) is 0 Å². The number of thiophene rings is 1. The fourth-order valence-corrected chi connectivity index (χ4v) is 3.56. The number of aromatic nitrogens is 2. The number of benzene rings is 1. The highest BCUT2D eigenvalue weighted by Crippen LogP contribution is 2.32. The van der Waals surface area contributed by atoms with Gasteiger partial charge in [-0.2, -0.15) is 0 Å². The van der Waals surface area contributed by atoms with Crippen molar-refractivity contribution in [1.29, 1.82) is 0 Å². The van der Waals surface area contributed by atoms with Crippen molar-refractivity contribution < 1.29 is 4.39 Å². The third-order valence-electron chi connectivity index (χ3n) is 3.08. The molecule has 0 radical (unpaired) electrons. The van der Waals surface area contributed by atoms with E-state index in [9.17, 15) is 4.39 Å². The molecule has 0 amide bonds. The van der Waals surface area contributed by atoms with Gasteiger partial charge < -0.3 is 5.32 Å². The van der Waals surface area contributed by atoms with E-state index in [4.69, 9.17) is 0 Å². The summed E-state index contributed by atoms with van der Waals surface area (Å²) >= 11 is 3.00. The Labute approximate surface area is 121 Å². The molecule has 1 N–H and O–H groups in total. The van der Waals surface area contributed by atoms with Gasteiger partial charge in [0, 0.05) is 11.6 Å². The van der Waals surface area contributed by atoms with Crippen molar-refractivity contribution in [1.82, 2.24) is 9.97 Å². The molecule has 0 unspecified atom stereocenters. The molecule has 0 saturated carbocycles. The van der Waals surface area contributed by atoms with Gasteiger partial charge in [-0.25, -0.2) is 14.4 Å². The van der Waals surface area contributed by atoms with Crippen molar-refractivity contribution in [2.24, 2.45) is 0 Å². The first-order valence-corrected chi connectivity index (χ1v) is 7.70. The lowest BCUT2D eigenvalue weighted by Crippen LogP contribution is -1.95. The number of thiazole rings is 1. The van der Waals surface area contributed by atoms with Crippen molar-refractivity contribution in [3.8, 4) is 0 Å². The summed E-state index contributed by atoms with van der Waals surface area (Å²) in [5.74, 6) is -0.316. The molecule has 0 atom stereocenters. The van der Waals surface area contributed by atoms with Crippen molar-refractivity contribution >= 4 is 54.5 Å². The van der Waals surface area contributed by atoms with Gasteiger partial charge in [0.25, 0.3) is 0 Å². The minimum absolute atomic E-state index is 0.316. The standard InChI is InChI=1S/C14H8FN3S2/c15-12-10(1-2-11-13(12)17-7-20-11)18-9-3-5-16-14-8(9)4-6-19-14/h1-7H,(H,16,18). The highest BCUT2D eigenvalue weighted by molar-refractivity contribution is 7.17. The van der Waals surface area contributed by atoms with Crippen LogP contribution >= 0.6 is 22.7 Å². The number of anilines is 2. The molecule has 0 aliphatic carbocycles. The smallest absolute Gasteiger partial charge is 0.173 e. The Morgan fingerprint density at radius 3 is 2.90 bits per heavy atom. The van der Waals surface area contributed by atoms with E-state index in [-0.39, 0.29) is 5.82 Å². The third kappa shape index (κ3) is 1.76. The molecule has 3 aromatic heterocycles. The van der Waals surface area contributed by atoms with E-state index >= 15 is 0 Å². The molecule has 3 nitrogen and oxygen atoms in total. The molecule has 0 aliphatic rings. The first-order valence-electron chi connectivity index (χ1n) is 5.94. The maximum Gasteiger partial charge on any atom is 0.173 e. The highest BCUT2D eigenvalue weighted by Gasteiger charge is 2.11. The predicted octanol–water partition coefficient (Wildman–Crippen LogP) is 4.79. The van der Waals surface area contributed by atoms with E-state index in [0.29, 0.717) is 11.2 Å². The lowest BCUT2D eigenvalue weighted by molar-refractivity contribution is 0.641. The van der Waals surface area contributed by atoms with Gasteiger partial charge in [-0.3, -0.25) is 0 Å². The van der Waals surface area contributed by atoms with Gasteiger partial charge in [-0.15, -0.1) is 22.7 Å². The van der Waals surface area contributed by atoms with Crippen LogP contribution < -0.4 is 5.32 Å². The zero-order valence-corrected chi connectivity index (χ0v) is 11.8. The fourth-order valence-electron chi connectivity index (χ4n) is 2.12. The van der Waals surface area contributed by atoms with Gasteiger partial charge in [0.05, 0.1) is 21.6 Å². The SMILES string of the molecule is Fc1c(Nc2ccnc3sccc23)ccc2scnc12. The first kappa shape index (κ1) is 11.7. The number of fused-ring (bicyclic) bond motifs is 2. The van der Waals surface area contributed by atoms with Gasteiger partial charge in [-0.1, -0.05) is 0 Å². The van der Waals surface area contributed by atoms with E-state index < -0.39 is 0 Å². The molecule has 20 heavy (non-hydrogen) atoms. The van der Waals surface area contributed by atoms with E-state index in [2.05, 4.69) is 15.3 Å². The summed E-state index contributed by atoms with van der Waals surface area (Å²) in [5.41, 5.74) is 3.35. The summed E-state index contributed by atoms with van der Waals surface area (Å²) in [4.78, 5) is 9.28. The zero-order valence-electron chi connectivity index (χ0n) is 10.1. The number of nitrogens with zero attached hydrogens (tertiary/aromatic N) is 2. The number of halogens is 1. The molecule has 0 aliphatic heterocycles. The summed E-state index contributed by atoms with van der Waals surface area (Å²) in [5, 5.41) is 6.11. The number of pyridine rings is 1. The summed E-state index contributed by atoms with van der Waals surface area (Å²) in [6.45, 7) is 0. The quantitative estimate of drug-likeness (QED) is 0.578. The van der Waals surface area contributed by atoms with E-state index in [1.165, 1.54) is 11.3 Å². The van der Waals surface area contributed by atoms with Gasteiger partial charge in [0.2, 0.25) is 0 Å². The van der Waals surface area contributed by atoms with Crippen LogP contribution in [0.1, 0.15) is 0 Å². The summed E-state index contributed by atoms with van der Waals surface area (Å²) in [6, 6.07) is 7.45. The second-order valence-corrected chi connectivity index (χ2v) is 6.03. The van der Waals surface area contributed by atoms with Crippen LogP contribution in [0.3, 0.4) is 0 Å². The molecule has 4 rings (SSSR count). The molecule has 0 saturated heterocycles. The lowest BCUT2D eigenvalue weighted by Gasteiger charge is -2.08. The highest BCUT2D eigenvalue weighted by atomic mass is 32.1. The Bertz CT molecular complexity index is 913. The van der Waals surface area contributed by atoms with Crippen LogP contribution in [0.4, 0.5) is 15.8 Å².